The smallest absolute Gasteiger partial charge is 0.337 e. The van der Waals surface area contributed by atoms with Crippen LogP contribution in [0, 0.1) is 18.3 Å². The molecule has 0 bridgehead atoms. The Kier molecular flexibility index (Phi) is 5.20. The number of aromatic carboxylic acids is 1. The van der Waals surface area contributed by atoms with E-state index >= 15 is 0 Å². The summed E-state index contributed by atoms with van der Waals surface area (Å²) in [6.07, 6.45) is 1.62. The van der Waals surface area contributed by atoms with Crippen LogP contribution in [-0.2, 0) is 0 Å². The summed E-state index contributed by atoms with van der Waals surface area (Å²) in [7, 11) is 0. The van der Waals surface area contributed by atoms with E-state index < -0.39 is 5.97 Å². The Labute approximate surface area is 183 Å². The Morgan fingerprint density at radius 2 is 1.77 bits per heavy atom. The highest BCUT2D eigenvalue weighted by molar-refractivity contribution is 6.33. The fraction of sp³-hybridized carbons (Fsp3) is 0.0417. The number of aromatic nitrogens is 1. The van der Waals surface area contributed by atoms with E-state index in [-0.39, 0.29) is 22.0 Å². The number of carbonyl (C=O) groups is 1. The maximum Gasteiger partial charge on any atom is 0.337 e. The van der Waals surface area contributed by atoms with E-state index in [2.05, 4.69) is 11.1 Å². The summed E-state index contributed by atoms with van der Waals surface area (Å²) >= 11 is 6.09. The number of nitriles is 1. The third-order valence-corrected chi connectivity index (χ3v) is 5.23. The van der Waals surface area contributed by atoms with Gasteiger partial charge >= 0.3 is 5.97 Å². The third kappa shape index (κ3) is 3.75. The quantitative estimate of drug-likeness (QED) is 0.424. The van der Waals surface area contributed by atoms with Gasteiger partial charge in [0.2, 0.25) is 0 Å². The van der Waals surface area contributed by atoms with Gasteiger partial charge in [0.1, 0.15) is 29.0 Å². The van der Waals surface area contributed by atoms with Crippen molar-refractivity contribution in [2.24, 2.45) is 0 Å². The van der Waals surface area contributed by atoms with Crippen LogP contribution in [0.1, 0.15) is 21.5 Å². The van der Waals surface area contributed by atoms with Crippen molar-refractivity contribution in [2.45, 2.75) is 6.92 Å². The molecule has 6 nitrogen and oxygen atoms in total. The Hall–Kier alpha value is -4.08. The van der Waals surface area contributed by atoms with Gasteiger partial charge in [-0.15, -0.1) is 0 Å². The number of nitrogen functional groups attached to an aromatic ring is 1. The molecule has 0 atom stereocenters. The zero-order chi connectivity index (χ0) is 22.1. The van der Waals surface area contributed by atoms with Gasteiger partial charge < -0.3 is 15.3 Å². The average Bonchev–Trinajstić information content (AvgIpc) is 3.23. The van der Waals surface area contributed by atoms with Crippen molar-refractivity contribution in [3.63, 3.8) is 0 Å². The number of halogens is 1. The third-order valence-electron chi connectivity index (χ3n) is 4.92. The van der Waals surface area contributed by atoms with Crippen molar-refractivity contribution in [1.82, 2.24) is 4.98 Å². The predicted molar refractivity (Wildman–Crippen MR) is 119 cm³/mol. The second kappa shape index (κ2) is 7.98. The number of anilines is 1. The van der Waals surface area contributed by atoms with Gasteiger partial charge in [-0.3, -0.25) is 0 Å². The molecule has 2 aromatic carbocycles. The Bertz CT molecular complexity index is 1350. The first-order chi connectivity index (χ1) is 14.9. The van der Waals surface area contributed by atoms with Gasteiger partial charge in [-0.05, 0) is 36.8 Å². The van der Waals surface area contributed by atoms with E-state index in [1.807, 2.05) is 31.2 Å². The number of carboxylic acid groups (broad SMARTS) is 1. The van der Waals surface area contributed by atoms with E-state index in [0.717, 1.165) is 11.1 Å². The summed E-state index contributed by atoms with van der Waals surface area (Å²) in [5, 5.41) is 19.0. The first-order valence-electron chi connectivity index (χ1n) is 9.28. The van der Waals surface area contributed by atoms with E-state index in [1.54, 1.807) is 24.4 Å². The number of furan rings is 1. The summed E-state index contributed by atoms with van der Waals surface area (Å²) in [6.45, 7) is 1.99. The summed E-state index contributed by atoms with van der Waals surface area (Å²) < 4.78 is 6.05. The van der Waals surface area contributed by atoms with Crippen LogP contribution >= 0.6 is 11.6 Å². The average molecular weight is 430 g/mol. The predicted octanol–water partition coefficient (Wildman–Crippen LogP) is 5.79. The van der Waals surface area contributed by atoms with Crippen LogP contribution < -0.4 is 5.73 Å². The molecule has 3 N–H and O–H groups in total. The molecular weight excluding hydrogens is 414 g/mol. The van der Waals surface area contributed by atoms with Crippen LogP contribution in [0.15, 0.2) is 65.2 Å². The zero-order valence-electron chi connectivity index (χ0n) is 16.4. The van der Waals surface area contributed by atoms with Crippen molar-refractivity contribution in [3.05, 3.63) is 82.5 Å². The van der Waals surface area contributed by atoms with Gasteiger partial charge in [-0.25, -0.2) is 9.78 Å². The Morgan fingerprint density at radius 1 is 1.10 bits per heavy atom. The standard InChI is InChI=1S/C24H16ClN3O3/c1-13-2-4-14(5-3-13)18-12-28-23(27)17(11-26)22(18)21-9-8-20(31-21)15-6-7-16(24(29)30)19(25)10-15/h2-10,12H,1H3,(H2,27,28)(H,29,30). The van der Waals surface area contributed by atoms with Crippen LogP contribution in [-0.4, -0.2) is 16.1 Å². The molecule has 0 unspecified atom stereocenters. The molecule has 31 heavy (non-hydrogen) atoms. The van der Waals surface area contributed by atoms with Crippen molar-refractivity contribution < 1.29 is 14.3 Å². The molecule has 0 aliphatic carbocycles. The molecule has 0 radical (unpaired) electrons. The van der Waals surface area contributed by atoms with Crippen molar-refractivity contribution in [2.75, 3.05) is 5.73 Å². The lowest BCUT2D eigenvalue weighted by atomic mass is 9.95. The number of hydrogen-bond donors (Lipinski definition) is 2. The van der Waals surface area contributed by atoms with E-state index in [4.69, 9.17) is 26.9 Å². The lowest BCUT2D eigenvalue weighted by Crippen LogP contribution is -1.99. The molecule has 0 saturated carbocycles. The highest BCUT2D eigenvalue weighted by Crippen LogP contribution is 2.39. The van der Waals surface area contributed by atoms with Crippen LogP contribution in [0.5, 0.6) is 0 Å². The van der Waals surface area contributed by atoms with Gasteiger partial charge in [0.15, 0.2) is 0 Å². The summed E-state index contributed by atoms with van der Waals surface area (Å²) in [5.41, 5.74) is 10.0. The van der Waals surface area contributed by atoms with Gasteiger partial charge in [0.05, 0.1) is 10.6 Å². The maximum atomic E-state index is 11.2. The topological polar surface area (TPSA) is 113 Å². The monoisotopic (exact) mass is 429 g/mol. The Balaban J connectivity index is 1.86. The van der Waals surface area contributed by atoms with Crippen LogP contribution in [0.25, 0.3) is 33.8 Å². The number of carboxylic acids is 1. The maximum absolute atomic E-state index is 11.2. The van der Waals surface area contributed by atoms with Gasteiger partial charge in [0.25, 0.3) is 0 Å². The molecule has 2 heterocycles. The molecule has 4 aromatic rings. The minimum atomic E-state index is -1.11. The SMILES string of the molecule is Cc1ccc(-c2cnc(N)c(C#N)c2-c2ccc(-c3ccc(C(=O)O)c(Cl)c3)o2)cc1. The zero-order valence-corrected chi connectivity index (χ0v) is 17.1. The van der Waals surface area contributed by atoms with Crippen LogP contribution in [0.4, 0.5) is 5.82 Å². The summed E-state index contributed by atoms with van der Waals surface area (Å²) in [4.78, 5) is 15.4. The molecule has 2 aromatic heterocycles. The van der Waals surface area contributed by atoms with Crippen molar-refractivity contribution in [1.29, 1.82) is 5.26 Å². The number of nitrogens with zero attached hydrogens (tertiary/aromatic N) is 2. The largest absolute Gasteiger partial charge is 0.478 e. The van der Waals surface area contributed by atoms with Crippen LogP contribution in [0.3, 0.4) is 0 Å². The number of nitrogens with two attached hydrogens (primary N) is 1. The fourth-order valence-corrected chi connectivity index (χ4v) is 3.58. The minimum absolute atomic E-state index is 0.00697. The normalized spacial score (nSPS) is 10.6. The Morgan fingerprint density at radius 3 is 2.42 bits per heavy atom. The summed E-state index contributed by atoms with van der Waals surface area (Å²) in [5.74, 6) is -0.0804. The molecule has 0 amide bonds. The molecule has 0 spiro atoms. The number of hydrogen-bond acceptors (Lipinski definition) is 5. The number of benzene rings is 2. The molecule has 152 valence electrons. The second-order valence-corrected chi connectivity index (χ2v) is 7.36. The highest BCUT2D eigenvalue weighted by Gasteiger charge is 2.20. The van der Waals surface area contributed by atoms with Crippen molar-refractivity contribution in [3.8, 4) is 39.8 Å². The first kappa shape index (κ1) is 20.2. The highest BCUT2D eigenvalue weighted by atomic mass is 35.5. The van der Waals surface area contributed by atoms with E-state index in [9.17, 15) is 10.1 Å². The molecule has 0 saturated heterocycles. The lowest BCUT2D eigenvalue weighted by Gasteiger charge is -2.11. The van der Waals surface area contributed by atoms with Gasteiger partial charge in [0, 0.05) is 22.9 Å². The number of rotatable bonds is 4. The number of aryl methyl sites for hydroxylation is 1. The van der Waals surface area contributed by atoms with Gasteiger partial charge in [-0.2, -0.15) is 5.26 Å². The van der Waals surface area contributed by atoms with Crippen LogP contribution in [0.2, 0.25) is 5.02 Å². The number of pyridine rings is 1. The van der Waals surface area contributed by atoms with Crippen molar-refractivity contribution >= 4 is 23.4 Å². The molecular formula is C24H16ClN3O3. The molecule has 4 rings (SSSR count). The molecule has 7 heteroatoms. The van der Waals surface area contributed by atoms with E-state index in [1.165, 1.54) is 12.1 Å². The molecule has 0 aliphatic rings. The lowest BCUT2D eigenvalue weighted by molar-refractivity contribution is 0.0697. The fourth-order valence-electron chi connectivity index (χ4n) is 3.32. The molecule has 0 fully saturated rings. The van der Waals surface area contributed by atoms with Gasteiger partial charge in [-0.1, -0.05) is 47.5 Å². The summed E-state index contributed by atoms with van der Waals surface area (Å²) in [6, 6.07) is 18.0. The molecule has 0 aliphatic heterocycles. The van der Waals surface area contributed by atoms with E-state index in [0.29, 0.717) is 28.2 Å². The minimum Gasteiger partial charge on any atom is -0.478 e. The second-order valence-electron chi connectivity index (χ2n) is 6.95. The first-order valence-corrected chi connectivity index (χ1v) is 9.66.